The second-order valence-electron chi connectivity index (χ2n) is 6.96. The highest BCUT2D eigenvalue weighted by Crippen LogP contribution is 2.32. The fourth-order valence-corrected chi connectivity index (χ4v) is 5.05. The quantitative estimate of drug-likeness (QED) is 0.333. The zero-order valence-electron chi connectivity index (χ0n) is 15.8. The van der Waals surface area contributed by atoms with Crippen LogP contribution >= 0.6 is 0 Å². The van der Waals surface area contributed by atoms with Crippen molar-refractivity contribution >= 4 is 15.9 Å². The van der Waals surface area contributed by atoms with Gasteiger partial charge in [-0.05, 0) is 44.0 Å². The lowest BCUT2D eigenvalue weighted by Gasteiger charge is -2.42. The maximum atomic E-state index is 13.1. The van der Waals surface area contributed by atoms with Crippen molar-refractivity contribution in [3.05, 3.63) is 49.1 Å². The molecule has 3 N–H and O–H groups in total. The van der Waals surface area contributed by atoms with Crippen molar-refractivity contribution in [1.29, 1.82) is 0 Å². The van der Waals surface area contributed by atoms with Crippen LogP contribution in [-0.4, -0.2) is 52.1 Å². The highest BCUT2D eigenvalue weighted by atomic mass is 32.2. The first-order valence-electron chi connectivity index (χ1n) is 8.96. The molecule has 1 fully saturated rings. The molecule has 0 radical (unpaired) electrons. The molecule has 3 rings (SSSR count). The van der Waals surface area contributed by atoms with Gasteiger partial charge in [-0.25, -0.2) is 13.9 Å². The number of carbonyl (C=O) groups is 1. The number of hydrogen-bond donors (Lipinski definition) is 3. The van der Waals surface area contributed by atoms with E-state index in [-0.39, 0.29) is 24.6 Å². The Morgan fingerprint density at radius 2 is 2.00 bits per heavy atom. The number of nitrogens with zero attached hydrogens (tertiary/aromatic N) is 3. The van der Waals surface area contributed by atoms with E-state index < -0.39 is 27.6 Å². The zero-order chi connectivity index (χ0) is 21.1. The number of carbonyl (C=O) groups excluding carboxylic acids is 1. The number of aliphatic hydroxyl groups is 1. The Hall–Kier alpha value is -2.60. The van der Waals surface area contributed by atoms with Gasteiger partial charge in [-0.15, -0.1) is 0 Å². The number of nitrogens with one attached hydrogen (secondary N) is 1. The lowest BCUT2D eigenvalue weighted by Crippen LogP contribution is -2.62. The molecule has 2 aromatic rings. The van der Waals surface area contributed by atoms with Gasteiger partial charge in [0.1, 0.15) is 11.8 Å². The molecule has 1 aliphatic heterocycles. The Bertz CT molecular complexity index is 950. The van der Waals surface area contributed by atoms with Gasteiger partial charge in [0.25, 0.3) is 12.6 Å². The van der Waals surface area contributed by atoms with Crippen molar-refractivity contribution in [2.45, 2.75) is 43.0 Å². The Balaban J connectivity index is 1.80. The van der Waals surface area contributed by atoms with E-state index in [1.807, 2.05) is 0 Å². The summed E-state index contributed by atoms with van der Waals surface area (Å²) >= 11 is 0. The molecule has 1 amide bonds. The van der Waals surface area contributed by atoms with E-state index in [2.05, 4.69) is 4.98 Å². The molecule has 29 heavy (non-hydrogen) atoms. The zero-order valence-corrected chi connectivity index (χ0v) is 16.6. The van der Waals surface area contributed by atoms with Gasteiger partial charge in [0, 0.05) is 6.54 Å². The molecule has 0 aliphatic carbocycles. The SMILES string of the molecule is CC1(O)CCCN(S(=O)(=O)c2ccc(OC[n+]3ccncc3)cc2)C1C(=O)NO. The van der Waals surface area contributed by atoms with Crippen LogP contribution in [0.3, 0.4) is 0 Å². The molecule has 1 aromatic carbocycles. The Labute approximate surface area is 168 Å². The molecule has 0 saturated carbocycles. The number of ether oxygens (including phenoxy) is 1. The monoisotopic (exact) mass is 423 g/mol. The molecular formula is C18H23N4O6S+. The van der Waals surface area contributed by atoms with Crippen molar-refractivity contribution in [2.75, 3.05) is 6.54 Å². The first-order valence-corrected chi connectivity index (χ1v) is 10.4. The van der Waals surface area contributed by atoms with E-state index in [0.717, 1.165) is 4.31 Å². The normalized spacial score (nSPS) is 22.8. The van der Waals surface area contributed by atoms with E-state index >= 15 is 0 Å². The highest BCUT2D eigenvalue weighted by molar-refractivity contribution is 7.89. The van der Waals surface area contributed by atoms with Gasteiger partial charge in [-0.3, -0.25) is 15.0 Å². The number of amides is 1. The number of rotatable bonds is 6. The summed E-state index contributed by atoms with van der Waals surface area (Å²) in [6.45, 7) is 1.65. The third kappa shape index (κ3) is 4.53. The minimum atomic E-state index is -4.09. The number of hydrogen-bond acceptors (Lipinski definition) is 7. The van der Waals surface area contributed by atoms with Gasteiger partial charge in [0.2, 0.25) is 10.0 Å². The highest BCUT2D eigenvalue weighted by Gasteiger charge is 2.49. The molecule has 1 aromatic heterocycles. The van der Waals surface area contributed by atoms with Crippen molar-refractivity contribution < 1.29 is 32.8 Å². The van der Waals surface area contributed by atoms with Crippen molar-refractivity contribution in [3.63, 3.8) is 0 Å². The maximum Gasteiger partial charge on any atom is 0.292 e. The molecule has 11 heteroatoms. The van der Waals surface area contributed by atoms with Crippen LogP contribution in [0, 0.1) is 0 Å². The summed E-state index contributed by atoms with van der Waals surface area (Å²) in [4.78, 5) is 16.0. The van der Waals surface area contributed by atoms with Crippen molar-refractivity contribution in [2.24, 2.45) is 0 Å². The van der Waals surface area contributed by atoms with Gasteiger partial charge >= 0.3 is 0 Å². The summed E-state index contributed by atoms with van der Waals surface area (Å²) in [5.74, 6) is -0.517. The second kappa shape index (κ2) is 8.41. The van der Waals surface area contributed by atoms with Crippen LogP contribution in [-0.2, 0) is 21.5 Å². The predicted molar refractivity (Wildman–Crippen MR) is 99.0 cm³/mol. The van der Waals surface area contributed by atoms with Crippen LogP contribution in [0.25, 0.3) is 0 Å². The second-order valence-corrected chi connectivity index (χ2v) is 8.85. The van der Waals surface area contributed by atoms with Gasteiger partial charge in [-0.2, -0.15) is 8.87 Å². The summed E-state index contributed by atoms with van der Waals surface area (Å²) in [7, 11) is -4.09. The molecule has 2 atom stereocenters. The lowest BCUT2D eigenvalue weighted by molar-refractivity contribution is -0.725. The first-order chi connectivity index (χ1) is 13.8. The third-order valence-electron chi connectivity index (χ3n) is 4.80. The Morgan fingerprint density at radius 1 is 1.34 bits per heavy atom. The van der Waals surface area contributed by atoms with Gasteiger partial charge in [0.05, 0.1) is 22.9 Å². The van der Waals surface area contributed by atoms with E-state index in [0.29, 0.717) is 12.2 Å². The summed E-state index contributed by atoms with van der Waals surface area (Å²) in [6, 6.07) is 4.33. The van der Waals surface area contributed by atoms with E-state index in [1.54, 1.807) is 29.4 Å². The molecule has 156 valence electrons. The number of benzene rings is 1. The maximum absolute atomic E-state index is 13.1. The summed E-state index contributed by atoms with van der Waals surface area (Å²) in [5, 5.41) is 19.5. The minimum Gasteiger partial charge on any atom is -0.436 e. The van der Waals surface area contributed by atoms with Crippen LogP contribution in [0.2, 0.25) is 0 Å². The van der Waals surface area contributed by atoms with E-state index in [9.17, 15) is 18.3 Å². The molecule has 10 nitrogen and oxygen atoms in total. The van der Waals surface area contributed by atoms with Crippen LogP contribution in [0.5, 0.6) is 5.75 Å². The molecule has 2 unspecified atom stereocenters. The van der Waals surface area contributed by atoms with Gasteiger partial charge in [-0.1, -0.05) is 0 Å². The Morgan fingerprint density at radius 3 is 2.62 bits per heavy atom. The molecule has 0 spiro atoms. The predicted octanol–water partition coefficient (Wildman–Crippen LogP) is -0.185. The summed E-state index contributed by atoms with van der Waals surface area (Å²) in [6.07, 6.45) is 7.31. The van der Waals surface area contributed by atoms with Crippen molar-refractivity contribution in [1.82, 2.24) is 14.8 Å². The Kier molecular flexibility index (Phi) is 6.13. The van der Waals surface area contributed by atoms with Crippen LogP contribution in [0.4, 0.5) is 0 Å². The summed E-state index contributed by atoms with van der Waals surface area (Å²) < 4.78 is 34.5. The molecule has 1 saturated heterocycles. The van der Waals surface area contributed by atoms with Crippen molar-refractivity contribution in [3.8, 4) is 5.75 Å². The fraction of sp³-hybridized carbons (Fsp3) is 0.389. The number of sulfonamides is 1. The lowest BCUT2D eigenvalue weighted by atomic mass is 9.87. The summed E-state index contributed by atoms with van der Waals surface area (Å²) in [5.41, 5.74) is -0.155. The molecule has 1 aliphatic rings. The minimum absolute atomic E-state index is 0.0464. The average Bonchev–Trinajstić information content (AvgIpc) is 2.72. The topological polar surface area (TPSA) is 133 Å². The third-order valence-corrected chi connectivity index (χ3v) is 6.67. The van der Waals surface area contributed by atoms with Crippen LogP contribution in [0.15, 0.2) is 53.9 Å². The molecule has 2 heterocycles. The fourth-order valence-electron chi connectivity index (χ4n) is 3.33. The van der Waals surface area contributed by atoms with E-state index in [4.69, 9.17) is 9.94 Å². The molecule has 0 bridgehead atoms. The number of piperidine rings is 1. The van der Waals surface area contributed by atoms with Gasteiger partial charge < -0.3 is 9.84 Å². The van der Waals surface area contributed by atoms with Crippen LogP contribution < -0.4 is 14.8 Å². The number of hydroxylamine groups is 1. The number of aromatic nitrogens is 2. The average molecular weight is 423 g/mol. The largest absolute Gasteiger partial charge is 0.436 e. The van der Waals surface area contributed by atoms with Crippen LogP contribution in [0.1, 0.15) is 19.8 Å². The first kappa shape index (κ1) is 21.1. The standard InChI is InChI=1S/C18H22N4O6S/c1-18(24)7-2-10-22(16(18)17(23)20-25)29(26,27)15-5-3-14(4-6-15)28-13-21-11-8-19-9-12-21/h3-6,8-9,11-12,16,24H,2,7,10,13H2,1H3,(H-,20,23,25)/p+1. The molecular weight excluding hydrogens is 400 g/mol. The smallest absolute Gasteiger partial charge is 0.292 e. The van der Waals surface area contributed by atoms with Gasteiger partial charge in [0.15, 0.2) is 12.4 Å². The van der Waals surface area contributed by atoms with E-state index in [1.165, 1.54) is 36.7 Å².